The molecule has 112 valence electrons. The molecular formula is C15H25N3O2. The Morgan fingerprint density at radius 1 is 1.50 bits per heavy atom. The number of hydrogen-bond acceptors (Lipinski definition) is 2. The Kier molecular flexibility index (Phi) is 5.47. The van der Waals surface area contributed by atoms with Crippen LogP contribution in [-0.4, -0.2) is 42.3 Å². The molecule has 2 heterocycles. The predicted octanol–water partition coefficient (Wildman–Crippen LogP) is 2.39. The van der Waals surface area contributed by atoms with Gasteiger partial charge in [-0.3, -0.25) is 0 Å². The maximum absolute atomic E-state index is 12.3. The highest BCUT2D eigenvalue weighted by Gasteiger charge is 2.29. The zero-order valence-corrected chi connectivity index (χ0v) is 12.5. The topological polar surface area (TPSA) is 46.5 Å². The molecule has 1 aromatic heterocycles. The number of hydrogen-bond donors (Lipinski definition) is 1. The van der Waals surface area contributed by atoms with E-state index in [1.165, 1.54) is 5.69 Å². The second-order valence-corrected chi connectivity index (χ2v) is 5.20. The van der Waals surface area contributed by atoms with E-state index in [2.05, 4.69) is 35.1 Å². The minimum atomic E-state index is 0.0482. The summed E-state index contributed by atoms with van der Waals surface area (Å²) in [4.78, 5) is 14.3. The van der Waals surface area contributed by atoms with Crippen molar-refractivity contribution in [1.29, 1.82) is 0 Å². The van der Waals surface area contributed by atoms with Crippen LogP contribution in [0.3, 0.4) is 0 Å². The second kappa shape index (κ2) is 7.33. The average Bonchev–Trinajstić information content (AvgIpc) is 2.93. The molecule has 20 heavy (non-hydrogen) atoms. The van der Waals surface area contributed by atoms with Gasteiger partial charge in [0.15, 0.2) is 0 Å². The van der Waals surface area contributed by atoms with Gasteiger partial charge < -0.3 is 19.5 Å². The summed E-state index contributed by atoms with van der Waals surface area (Å²) in [6.45, 7) is 5.18. The Morgan fingerprint density at radius 2 is 2.35 bits per heavy atom. The van der Waals surface area contributed by atoms with Gasteiger partial charge in [0.2, 0.25) is 0 Å². The third-order valence-corrected chi connectivity index (χ3v) is 3.79. The van der Waals surface area contributed by atoms with Crippen molar-refractivity contribution in [1.82, 2.24) is 14.8 Å². The average molecular weight is 279 g/mol. The highest BCUT2D eigenvalue weighted by molar-refractivity contribution is 5.74. The molecule has 0 radical (unpaired) electrons. The first-order valence-corrected chi connectivity index (χ1v) is 7.46. The number of amides is 2. The molecular weight excluding hydrogens is 254 g/mol. The standard InChI is InChI=1S/C15H25N3O2/c1-3-6-14-13-7-4-9-17(13)10-11-18(14)15(19)16-8-5-12-20-2/h4,7,9,14H,3,5-6,8,10-12H2,1-2H3,(H,16,19)/t14-/m0/s1. The van der Waals surface area contributed by atoms with Crippen LogP contribution in [-0.2, 0) is 11.3 Å². The van der Waals surface area contributed by atoms with Crippen LogP contribution < -0.4 is 5.32 Å². The molecule has 1 aliphatic heterocycles. The zero-order chi connectivity index (χ0) is 14.4. The summed E-state index contributed by atoms with van der Waals surface area (Å²) in [6, 6.07) is 4.45. The van der Waals surface area contributed by atoms with Crippen LogP contribution in [0.4, 0.5) is 4.79 Å². The van der Waals surface area contributed by atoms with E-state index in [0.717, 1.165) is 32.4 Å². The van der Waals surface area contributed by atoms with Crippen LogP contribution in [0.1, 0.15) is 37.9 Å². The molecule has 1 N–H and O–H groups in total. The number of carbonyl (C=O) groups is 1. The number of ether oxygens (including phenoxy) is 1. The normalized spacial score (nSPS) is 17.9. The van der Waals surface area contributed by atoms with E-state index in [1.807, 2.05) is 4.90 Å². The second-order valence-electron chi connectivity index (χ2n) is 5.20. The lowest BCUT2D eigenvalue weighted by molar-refractivity contribution is 0.148. The summed E-state index contributed by atoms with van der Waals surface area (Å²) >= 11 is 0. The van der Waals surface area contributed by atoms with Crippen LogP contribution in [0.15, 0.2) is 18.3 Å². The van der Waals surface area contributed by atoms with Crippen molar-refractivity contribution in [3.8, 4) is 0 Å². The van der Waals surface area contributed by atoms with Crippen molar-refractivity contribution in [3.63, 3.8) is 0 Å². The van der Waals surface area contributed by atoms with Gasteiger partial charge in [0.05, 0.1) is 6.04 Å². The number of nitrogens with zero attached hydrogens (tertiary/aromatic N) is 2. The molecule has 1 atom stereocenters. The molecule has 0 aromatic carbocycles. The molecule has 0 fully saturated rings. The molecule has 0 saturated carbocycles. The lowest BCUT2D eigenvalue weighted by atomic mass is 10.0. The zero-order valence-electron chi connectivity index (χ0n) is 12.5. The molecule has 1 aliphatic rings. The number of methoxy groups -OCH3 is 1. The quantitative estimate of drug-likeness (QED) is 0.813. The van der Waals surface area contributed by atoms with E-state index in [-0.39, 0.29) is 12.1 Å². The Labute approximate surface area is 120 Å². The molecule has 5 heteroatoms. The fourth-order valence-corrected chi connectivity index (χ4v) is 2.80. The minimum Gasteiger partial charge on any atom is -0.385 e. The van der Waals surface area contributed by atoms with E-state index in [9.17, 15) is 4.79 Å². The molecule has 0 spiro atoms. The van der Waals surface area contributed by atoms with Crippen LogP contribution in [0.25, 0.3) is 0 Å². The van der Waals surface area contributed by atoms with Crippen molar-refractivity contribution in [3.05, 3.63) is 24.0 Å². The van der Waals surface area contributed by atoms with Crippen LogP contribution in [0.2, 0.25) is 0 Å². The van der Waals surface area contributed by atoms with Gasteiger partial charge in [-0.25, -0.2) is 4.79 Å². The van der Waals surface area contributed by atoms with Gasteiger partial charge in [-0.15, -0.1) is 0 Å². The van der Waals surface area contributed by atoms with E-state index < -0.39 is 0 Å². The molecule has 0 bridgehead atoms. The number of carbonyl (C=O) groups excluding carboxylic acids is 1. The fourth-order valence-electron chi connectivity index (χ4n) is 2.80. The summed E-state index contributed by atoms with van der Waals surface area (Å²) < 4.78 is 7.26. The van der Waals surface area contributed by atoms with Crippen molar-refractivity contribution >= 4 is 6.03 Å². The first-order chi connectivity index (χ1) is 9.77. The monoisotopic (exact) mass is 279 g/mol. The van der Waals surface area contributed by atoms with E-state index in [1.54, 1.807) is 7.11 Å². The van der Waals surface area contributed by atoms with Gasteiger partial charge in [-0.2, -0.15) is 0 Å². The van der Waals surface area contributed by atoms with E-state index in [0.29, 0.717) is 13.2 Å². The van der Waals surface area contributed by atoms with Crippen molar-refractivity contribution in [2.24, 2.45) is 0 Å². The van der Waals surface area contributed by atoms with E-state index in [4.69, 9.17) is 4.74 Å². The summed E-state index contributed by atoms with van der Waals surface area (Å²) in [6.07, 6.45) is 5.04. The number of rotatable bonds is 6. The fraction of sp³-hybridized carbons (Fsp3) is 0.667. The molecule has 0 unspecified atom stereocenters. The highest BCUT2D eigenvalue weighted by Crippen LogP contribution is 2.29. The van der Waals surface area contributed by atoms with Crippen LogP contribution in [0.5, 0.6) is 0 Å². The van der Waals surface area contributed by atoms with Gasteiger partial charge in [-0.1, -0.05) is 13.3 Å². The first kappa shape index (κ1) is 14.9. The summed E-state index contributed by atoms with van der Waals surface area (Å²) in [5.41, 5.74) is 1.25. The third kappa shape index (κ3) is 3.33. The Hall–Kier alpha value is -1.49. The molecule has 0 aliphatic carbocycles. The van der Waals surface area contributed by atoms with Crippen LogP contribution >= 0.6 is 0 Å². The number of aromatic nitrogens is 1. The summed E-state index contributed by atoms with van der Waals surface area (Å²) in [5.74, 6) is 0. The number of fused-ring (bicyclic) bond motifs is 1. The van der Waals surface area contributed by atoms with Gasteiger partial charge in [0, 0.05) is 45.2 Å². The molecule has 5 nitrogen and oxygen atoms in total. The summed E-state index contributed by atoms with van der Waals surface area (Å²) in [5, 5.41) is 3.00. The minimum absolute atomic E-state index is 0.0482. The van der Waals surface area contributed by atoms with Gasteiger partial charge in [0.25, 0.3) is 0 Å². The maximum Gasteiger partial charge on any atom is 0.318 e. The Morgan fingerprint density at radius 3 is 3.10 bits per heavy atom. The Bertz CT molecular complexity index is 431. The smallest absolute Gasteiger partial charge is 0.318 e. The van der Waals surface area contributed by atoms with Crippen LogP contribution in [0, 0.1) is 0 Å². The lowest BCUT2D eigenvalue weighted by Crippen LogP contribution is -2.47. The van der Waals surface area contributed by atoms with Crippen molar-refractivity contribution in [2.75, 3.05) is 26.8 Å². The molecule has 1 aromatic rings. The van der Waals surface area contributed by atoms with Crippen molar-refractivity contribution in [2.45, 2.75) is 38.8 Å². The molecule has 2 amide bonds. The van der Waals surface area contributed by atoms with Gasteiger partial charge in [-0.05, 0) is 25.0 Å². The summed E-state index contributed by atoms with van der Waals surface area (Å²) in [7, 11) is 1.68. The largest absolute Gasteiger partial charge is 0.385 e. The number of urea groups is 1. The predicted molar refractivity (Wildman–Crippen MR) is 78.7 cm³/mol. The van der Waals surface area contributed by atoms with Gasteiger partial charge in [0.1, 0.15) is 0 Å². The third-order valence-electron chi connectivity index (χ3n) is 3.79. The van der Waals surface area contributed by atoms with E-state index >= 15 is 0 Å². The Balaban J connectivity index is 1.97. The first-order valence-electron chi connectivity index (χ1n) is 7.46. The molecule has 2 rings (SSSR count). The number of nitrogens with one attached hydrogen (secondary N) is 1. The maximum atomic E-state index is 12.3. The SMILES string of the molecule is CCC[C@H]1c2cccn2CCN1C(=O)NCCCOC. The van der Waals surface area contributed by atoms with Gasteiger partial charge >= 0.3 is 6.03 Å². The lowest BCUT2D eigenvalue weighted by Gasteiger charge is -2.37. The highest BCUT2D eigenvalue weighted by atomic mass is 16.5. The van der Waals surface area contributed by atoms with Crippen molar-refractivity contribution < 1.29 is 9.53 Å². The molecule has 0 saturated heterocycles.